The van der Waals surface area contributed by atoms with Crippen molar-refractivity contribution in [3.8, 4) is 35.0 Å². The highest BCUT2D eigenvalue weighted by molar-refractivity contribution is 7.92. The highest BCUT2D eigenvalue weighted by atomic mass is 32.2. The Labute approximate surface area is 291 Å². The molecule has 50 heavy (non-hydrogen) atoms. The van der Waals surface area contributed by atoms with E-state index in [-0.39, 0.29) is 52.7 Å². The minimum Gasteiger partial charge on any atom is -0.493 e. The van der Waals surface area contributed by atoms with Gasteiger partial charge in [0.15, 0.2) is 30.5 Å². The predicted molar refractivity (Wildman–Crippen MR) is 187 cm³/mol. The zero-order valence-electron chi connectivity index (χ0n) is 28.1. The quantitative estimate of drug-likeness (QED) is 0.196. The fourth-order valence-corrected chi connectivity index (χ4v) is 5.61. The van der Waals surface area contributed by atoms with Crippen LogP contribution in [-0.4, -0.2) is 76.1 Å². The summed E-state index contributed by atoms with van der Waals surface area (Å²) in [6.07, 6.45) is 0.818. The molecule has 1 aliphatic heterocycles. The first kappa shape index (κ1) is 35.7. The lowest BCUT2D eigenvalue weighted by Crippen LogP contribution is -2.37. The van der Waals surface area contributed by atoms with Gasteiger partial charge >= 0.3 is 6.09 Å². The summed E-state index contributed by atoms with van der Waals surface area (Å²) < 4.78 is 58.5. The maximum Gasteiger partial charge on any atom is 0.413 e. The van der Waals surface area contributed by atoms with Crippen LogP contribution in [0.4, 0.5) is 22.4 Å². The molecule has 2 aromatic heterocycles. The number of nitrogens with zero attached hydrogens (tertiary/aromatic N) is 4. The Morgan fingerprint density at radius 2 is 1.64 bits per heavy atom. The zero-order chi connectivity index (χ0) is 35.6. The van der Waals surface area contributed by atoms with Gasteiger partial charge in [0.25, 0.3) is 15.9 Å². The molecule has 0 saturated carbocycles. The Bertz CT molecular complexity index is 1940. The van der Waals surface area contributed by atoms with E-state index in [1.54, 1.807) is 66.7 Å². The Kier molecular flexibility index (Phi) is 11.6. The third-order valence-electron chi connectivity index (χ3n) is 7.24. The molecule has 262 valence electrons. The van der Waals surface area contributed by atoms with Crippen LogP contribution >= 0.6 is 0 Å². The van der Waals surface area contributed by atoms with E-state index in [9.17, 15) is 13.2 Å². The average molecular weight is 703 g/mol. The molecule has 1 saturated heterocycles. The van der Waals surface area contributed by atoms with Crippen LogP contribution in [0.15, 0.2) is 77.8 Å². The second-order valence-corrected chi connectivity index (χ2v) is 13.5. The van der Waals surface area contributed by atoms with Crippen LogP contribution in [0, 0.1) is 11.8 Å². The minimum atomic E-state index is -4.17. The Morgan fingerprint density at radius 1 is 0.940 bits per heavy atom. The largest absolute Gasteiger partial charge is 0.493 e. The number of benzene rings is 2. The van der Waals surface area contributed by atoms with Crippen molar-refractivity contribution in [3.63, 3.8) is 0 Å². The van der Waals surface area contributed by atoms with E-state index in [4.69, 9.17) is 23.7 Å². The van der Waals surface area contributed by atoms with E-state index in [1.807, 2.05) is 25.7 Å². The molecular weight excluding hydrogens is 664 g/mol. The second-order valence-electron chi connectivity index (χ2n) is 11.8. The van der Waals surface area contributed by atoms with Gasteiger partial charge in [-0.15, -0.1) is 0 Å². The minimum absolute atomic E-state index is 0.0284. The molecule has 1 amide bonds. The number of carbonyl (C=O) groups excluding carboxylic acids is 1. The molecule has 5 rings (SSSR count). The van der Waals surface area contributed by atoms with Crippen molar-refractivity contribution in [3.05, 3.63) is 78.5 Å². The van der Waals surface area contributed by atoms with E-state index >= 15 is 0 Å². The van der Waals surface area contributed by atoms with Crippen molar-refractivity contribution in [2.24, 2.45) is 0 Å². The summed E-state index contributed by atoms with van der Waals surface area (Å²) in [5.74, 6) is 6.28. The molecule has 1 aliphatic rings. The first-order valence-electron chi connectivity index (χ1n) is 15.7. The van der Waals surface area contributed by atoms with E-state index < -0.39 is 16.1 Å². The highest BCUT2D eigenvalue weighted by Crippen LogP contribution is 2.41. The number of rotatable bonds is 11. The van der Waals surface area contributed by atoms with Crippen molar-refractivity contribution in [2.45, 2.75) is 31.1 Å². The number of carbonyl (C=O) groups is 1. The molecule has 0 bridgehead atoms. The van der Waals surface area contributed by atoms with Crippen molar-refractivity contribution >= 4 is 33.7 Å². The number of ether oxygens (including phenoxy) is 5. The van der Waals surface area contributed by atoms with Gasteiger partial charge in [-0.25, -0.2) is 18.2 Å². The number of morpholine rings is 1. The summed E-state index contributed by atoms with van der Waals surface area (Å²) in [5.41, 5.74) is 0.808. The number of nitrogens with one attached hydrogen (secondary N) is 2. The van der Waals surface area contributed by atoms with Crippen LogP contribution in [-0.2, 0) is 24.9 Å². The lowest BCUT2D eigenvalue weighted by atomic mass is 9.87. The topological polar surface area (TPSA) is 163 Å². The van der Waals surface area contributed by atoms with Crippen molar-refractivity contribution in [1.29, 1.82) is 0 Å². The van der Waals surface area contributed by atoms with Gasteiger partial charge < -0.3 is 28.6 Å². The van der Waals surface area contributed by atoms with Crippen molar-refractivity contribution < 1.29 is 36.9 Å². The Balaban J connectivity index is 1.45. The number of sulfonamides is 1. The Hall–Kier alpha value is -5.59. The molecule has 4 aromatic rings. The fourth-order valence-electron chi connectivity index (χ4n) is 4.60. The van der Waals surface area contributed by atoms with Gasteiger partial charge in [0.1, 0.15) is 5.82 Å². The lowest BCUT2D eigenvalue weighted by Gasteiger charge is -2.28. The normalized spacial score (nSPS) is 13.0. The smallest absolute Gasteiger partial charge is 0.413 e. The Morgan fingerprint density at radius 3 is 2.32 bits per heavy atom. The van der Waals surface area contributed by atoms with Crippen LogP contribution in [0.5, 0.6) is 23.1 Å². The average Bonchev–Trinajstić information content (AvgIpc) is 3.11. The van der Waals surface area contributed by atoms with E-state index in [1.165, 1.54) is 13.3 Å². The number of hydrogen-bond donors (Lipinski definition) is 2. The summed E-state index contributed by atoms with van der Waals surface area (Å²) in [4.78, 5) is 27.1. The van der Waals surface area contributed by atoms with Gasteiger partial charge in [0.05, 0.1) is 25.2 Å². The molecule has 0 atom stereocenters. The molecule has 0 radical (unpaired) electrons. The first-order valence-corrected chi connectivity index (χ1v) is 17.1. The summed E-state index contributed by atoms with van der Waals surface area (Å²) in [6, 6.07) is 18.5. The van der Waals surface area contributed by atoms with Crippen LogP contribution in [0.25, 0.3) is 0 Å². The van der Waals surface area contributed by atoms with Crippen LogP contribution in [0.3, 0.4) is 0 Å². The summed E-state index contributed by atoms with van der Waals surface area (Å²) in [6.45, 7) is 7.48. The highest BCUT2D eigenvalue weighted by Gasteiger charge is 2.27. The van der Waals surface area contributed by atoms with E-state index in [2.05, 4.69) is 36.8 Å². The van der Waals surface area contributed by atoms with Crippen LogP contribution < -0.4 is 29.1 Å². The molecule has 0 unspecified atom stereocenters. The SMILES string of the molecule is COc1ccccc1Oc1c(NS(=O)(=O)c2ccc(C(C)(C)C)cc2)nc(N2CCOCC2)nc1OCC#CCOC(=O)Nc1ccccn1. The van der Waals surface area contributed by atoms with Crippen molar-refractivity contribution in [2.75, 3.05) is 61.6 Å². The maximum atomic E-state index is 13.8. The number of para-hydroxylation sites is 2. The summed E-state index contributed by atoms with van der Waals surface area (Å²) in [5, 5.41) is 2.50. The lowest BCUT2D eigenvalue weighted by molar-refractivity contribution is 0.122. The number of hydrogen-bond acceptors (Lipinski definition) is 12. The van der Waals surface area contributed by atoms with Gasteiger partial charge in [0, 0.05) is 19.3 Å². The number of pyridine rings is 1. The standard InChI is InChI=1S/C35H38N6O8S/c1-35(2,3)25-14-16-26(17-15-25)50(43,44)40-31-30(49-28-12-6-5-11-27(28)45-4)32(39-33(38-31)41-19-23-46-24-20-41)47-21-9-10-22-48-34(42)37-29-13-7-8-18-36-29/h5-8,11-18H,19-24H2,1-4H3,(H,36,37,42)(H,38,39,40). The molecule has 1 fully saturated rings. The molecule has 2 N–H and O–H groups in total. The molecule has 0 spiro atoms. The van der Waals surface area contributed by atoms with E-state index in [0.29, 0.717) is 37.9 Å². The van der Waals surface area contributed by atoms with Crippen LogP contribution in [0.1, 0.15) is 26.3 Å². The van der Waals surface area contributed by atoms with Gasteiger partial charge in [0.2, 0.25) is 11.7 Å². The maximum absolute atomic E-state index is 13.8. The third kappa shape index (κ3) is 9.52. The van der Waals surface area contributed by atoms with Crippen LogP contribution in [0.2, 0.25) is 0 Å². The first-order chi connectivity index (χ1) is 24.0. The zero-order valence-corrected chi connectivity index (χ0v) is 29.0. The molecule has 3 heterocycles. The fraction of sp³-hybridized carbons (Fsp3) is 0.314. The molecule has 14 nitrogen and oxygen atoms in total. The molecule has 15 heteroatoms. The number of anilines is 3. The summed E-state index contributed by atoms with van der Waals surface area (Å²) in [7, 11) is -2.69. The van der Waals surface area contributed by atoms with E-state index in [0.717, 1.165) is 5.56 Å². The van der Waals surface area contributed by atoms with Gasteiger partial charge in [-0.05, 0) is 47.4 Å². The predicted octanol–water partition coefficient (Wildman–Crippen LogP) is 5.24. The second kappa shape index (κ2) is 16.2. The monoisotopic (exact) mass is 702 g/mol. The van der Waals surface area contributed by atoms with Gasteiger partial charge in [-0.2, -0.15) is 9.97 Å². The third-order valence-corrected chi connectivity index (χ3v) is 8.59. The van der Waals surface area contributed by atoms with Crippen molar-refractivity contribution in [1.82, 2.24) is 15.0 Å². The summed E-state index contributed by atoms with van der Waals surface area (Å²) >= 11 is 0. The number of amides is 1. The van der Waals surface area contributed by atoms with Gasteiger partial charge in [-0.3, -0.25) is 10.0 Å². The molecular formula is C35H38N6O8S. The van der Waals surface area contributed by atoms with Gasteiger partial charge in [-0.1, -0.05) is 62.9 Å². The molecule has 0 aliphatic carbocycles. The molecule has 2 aromatic carbocycles. The number of aromatic nitrogens is 3. The number of methoxy groups -OCH3 is 1.